The third kappa shape index (κ3) is 6.49. The van der Waals surface area contributed by atoms with Gasteiger partial charge in [0, 0.05) is 11.1 Å². The first-order valence-electron chi connectivity index (χ1n) is 11.3. The lowest BCUT2D eigenvalue weighted by Crippen LogP contribution is -2.47. The highest BCUT2D eigenvalue weighted by molar-refractivity contribution is 6.30. The van der Waals surface area contributed by atoms with Crippen LogP contribution in [0.5, 0.6) is 0 Å². The number of benzene rings is 2. The molecule has 3 atom stereocenters. The average Bonchev–Trinajstić information content (AvgIpc) is 3.16. The van der Waals surface area contributed by atoms with Crippen LogP contribution >= 0.6 is 11.6 Å². The predicted molar refractivity (Wildman–Crippen MR) is 127 cm³/mol. The van der Waals surface area contributed by atoms with Crippen LogP contribution < -0.4 is 0 Å². The van der Waals surface area contributed by atoms with E-state index in [4.69, 9.17) is 21.1 Å². The summed E-state index contributed by atoms with van der Waals surface area (Å²) in [6.07, 6.45) is 0.618. The Hall–Kier alpha value is -2.57. The van der Waals surface area contributed by atoms with Crippen molar-refractivity contribution in [3.63, 3.8) is 0 Å². The molecule has 7 heteroatoms. The van der Waals surface area contributed by atoms with E-state index in [1.165, 1.54) is 0 Å². The van der Waals surface area contributed by atoms with E-state index in [0.717, 1.165) is 12.0 Å². The molecule has 2 aromatic rings. The van der Waals surface area contributed by atoms with Gasteiger partial charge in [0.15, 0.2) is 0 Å². The van der Waals surface area contributed by atoms with Crippen LogP contribution in [0.2, 0.25) is 5.02 Å². The second-order valence-corrected chi connectivity index (χ2v) is 9.74. The van der Waals surface area contributed by atoms with Crippen LogP contribution in [-0.4, -0.2) is 46.4 Å². The number of hydrogen-bond acceptors (Lipinski definition) is 5. The van der Waals surface area contributed by atoms with E-state index in [9.17, 15) is 14.7 Å². The minimum absolute atomic E-state index is 0.146. The minimum atomic E-state index is -0.882. The zero-order valence-electron chi connectivity index (χ0n) is 19.6. The molecule has 1 fully saturated rings. The monoisotopic (exact) mass is 473 g/mol. The van der Waals surface area contributed by atoms with Gasteiger partial charge in [0.05, 0.1) is 24.3 Å². The molecule has 0 aliphatic carbocycles. The molecule has 6 nitrogen and oxygen atoms in total. The molecule has 3 unspecified atom stereocenters. The first-order chi connectivity index (χ1) is 15.6. The molecule has 1 saturated heterocycles. The quantitative estimate of drug-likeness (QED) is 0.556. The number of halogens is 1. The lowest BCUT2D eigenvalue weighted by atomic mass is 10.0. The predicted octanol–water partition coefficient (Wildman–Crippen LogP) is 5.56. The van der Waals surface area contributed by atoms with E-state index in [0.29, 0.717) is 35.6 Å². The Labute approximate surface area is 200 Å². The lowest BCUT2D eigenvalue weighted by Gasteiger charge is -2.35. The molecular weight excluding hydrogens is 442 g/mol. The van der Waals surface area contributed by atoms with Crippen LogP contribution in [-0.2, 0) is 15.9 Å². The smallest absolute Gasteiger partial charge is 0.410 e. The molecule has 0 spiro atoms. The van der Waals surface area contributed by atoms with Crippen LogP contribution in [0.4, 0.5) is 4.79 Å². The topological polar surface area (TPSA) is 76.1 Å². The molecule has 0 radical (unpaired) electrons. The van der Waals surface area contributed by atoms with Crippen molar-refractivity contribution in [1.82, 2.24) is 4.90 Å². The molecule has 1 aliphatic heterocycles. The molecule has 178 valence electrons. The molecule has 3 rings (SSSR count). The molecule has 1 heterocycles. The van der Waals surface area contributed by atoms with Crippen LogP contribution in [0, 0.1) is 0 Å². The van der Waals surface area contributed by atoms with Gasteiger partial charge in [-0.15, -0.1) is 0 Å². The highest BCUT2D eigenvalue weighted by Gasteiger charge is 2.43. The van der Waals surface area contributed by atoms with Gasteiger partial charge in [-0.2, -0.15) is 0 Å². The molecular formula is C26H32ClNO5. The van der Waals surface area contributed by atoms with Crippen LogP contribution in [0.1, 0.15) is 68.1 Å². The standard InChI is InChI=1S/C26H32ClNO5/c1-5-32-24(30)18-11-9-17(10-12-18)15-21-13-14-22(28(21)25(31)33-26(2,3)4)23(29)19-7-6-8-20(27)16-19/h6-12,16,21-23,29H,5,13-15H2,1-4H3. The summed E-state index contributed by atoms with van der Waals surface area (Å²) in [6, 6.07) is 13.7. The lowest BCUT2D eigenvalue weighted by molar-refractivity contribution is -0.00453. The van der Waals surface area contributed by atoms with Gasteiger partial charge < -0.3 is 14.6 Å². The van der Waals surface area contributed by atoms with Crippen molar-refractivity contribution in [1.29, 1.82) is 0 Å². The van der Waals surface area contributed by atoms with E-state index in [1.807, 2.05) is 39.0 Å². The molecule has 0 bridgehead atoms. The fraction of sp³-hybridized carbons (Fsp3) is 0.462. The number of ether oxygens (including phenoxy) is 2. The number of aliphatic hydroxyl groups excluding tert-OH is 1. The summed E-state index contributed by atoms with van der Waals surface area (Å²) >= 11 is 6.12. The Bertz CT molecular complexity index is 969. The Morgan fingerprint density at radius 2 is 1.85 bits per heavy atom. The number of hydrogen-bond donors (Lipinski definition) is 1. The molecule has 1 N–H and O–H groups in total. The number of carbonyl (C=O) groups is 2. The molecule has 33 heavy (non-hydrogen) atoms. The molecule has 0 aromatic heterocycles. The van der Waals surface area contributed by atoms with Crippen molar-refractivity contribution in [3.8, 4) is 0 Å². The summed E-state index contributed by atoms with van der Waals surface area (Å²) in [5, 5.41) is 11.7. The van der Waals surface area contributed by atoms with E-state index >= 15 is 0 Å². The summed E-state index contributed by atoms with van der Waals surface area (Å²) < 4.78 is 10.7. The van der Waals surface area contributed by atoms with Crippen molar-refractivity contribution >= 4 is 23.7 Å². The SMILES string of the molecule is CCOC(=O)c1ccc(CC2CCC(C(O)c3cccc(Cl)c3)N2C(=O)OC(C)(C)C)cc1. The van der Waals surface area contributed by atoms with Gasteiger partial charge in [0.2, 0.25) is 0 Å². The van der Waals surface area contributed by atoms with Crippen molar-refractivity contribution in [2.45, 2.75) is 70.7 Å². The van der Waals surface area contributed by atoms with Crippen molar-refractivity contribution in [2.75, 3.05) is 6.61 Å². The second kappa shape index (κ2) is 10.6. The number of esters is 1. The Morgan fingerprint density at radius 3 is 2.45 bits per heavy atom. The largest absolute Gasteiger partial charge is 0.462 e. The van der Waals surface area contributed by atoms with E-state index < -0.39 is 23.8 Å². The summed E-state index contributed by atoms with van der Waals surface area (Å²) in [5.74, 6) is -0.356. The Morgan fingerprint density at radius 1 is 1.15 bits per heavy atom. The number of carbonyl (C=O) groups excluding carboxylic acids is 2. The average molecular weight is 474 g/mol. The highest BCUT2D eigenvalue weighted by atomic mass is 35.5. The summed E-state index contributed by atoms with van der Waals surface area (Å²) in [7, 11) is 0. The van der Waals surface area contributed by atoms with Gasteiger partial charge >= 0.3 is 12.1 Å². The molecule has 1 amide bonds. The maximum Gasteiger partial charge on any atom is 0.410 e. The number of likely N-dealkylation sites (tertiary alicyclic amines) is 1. The fourth-order valence-electron chi connectivity index (χ4n) is 4.20. The van der Waals surface area contributed by atoms with E-state index in [-0.39, 0.29) is 12.0 Å². The Kier molecular flexibility index (Phi) is 8.03. The van der Waals surface area contributed by atoms with Gasteiger partial charge in [-0.3, -0.25) is 4.90 Å². The minimum Gasteiger partial charge on any atom is -0.462 e. The van der Waals surface area contributed by atoms with Gasteiger partial charge in [-0.05, 0) is 82.3 Å². The summed E-state index contributed by atoms with van der Waals surface area (Å²) in [4.78, 5) is 26.8. The third-order valence-corrected chi connectivity index (χ3v) is 5.88. The zero-order valence-corrected chi connectivity index (χ0v) is 20.3. The highest BCUT2D eigenvalue weighted by Crippen LogP contribution is 2.36. The van der Waals surface area contributed by atoms with Crippen LogP contribution in [0.3, 0.4) is 0 Å². The van der Waals surface area contributed by atoms with Crippen molar-refractivity contribution in [3.05, 3.63) is 70.2 Å². The Balaban J connectivity index is 1.82. The van der Waals surface area contributed by atoms with Crippen LogP contribution in [0.25, 0.3) is 0 Å². The third-order valence-electron chi connectivity index (χ3n) is 5.64. The van der Waals surface area contributed by atoms with Crippen molar-refractivity contribution < 1.29 is 24.2 Å². The maximum absolute atomic E-state index is 13.2. The van der Waals surface area contributed by atoms with Gasteiger partial charge in [0.25, 0.3) is 0 Å². The van der Waals surface area contributed by atoms with E-state index in [1.54, 1.807) is 42.2 Å². The van der Waals surface area contributed by atoms with Crippen LogP contribution in [0.15, 0.2) is 48.5 Å². The summed E-state index contributed by atoms with van der Waals surface area (Å²) in [6.45, 7) is 7.57. The van der Waals surface area contributed by atoms with E-state index in [2.05, 4.69) is 0 Å². The maximum atomic E-state index is 13.2. The number of aliphatic hydroxyl groups is 1. The van der Waals surface area contributed by atoms with Crippen molar-refractivity contribution in [2.24, 2.45) is 0 Å². The summed E-state index contributed by atoms with van der Waals surface area (Å²) in [5.41, 5.74) is 1.49. The van der Waals surface area contributed by atoms with Gasteiger partial charge in [-0.25, -0.2) is 9.59 Å². The normalized spacial score (nSPS) is 19.3. The number of amides is 1. The molecule has 0 saturated carbocycles. The second-order valence-electron chi connectivity index (χ2n) is 9.31. The van der Waals surface area contributed by atoms with Gasteiger partial charge in [-0.1, -0.05) is 35.9 Å². The first kappa shape index (κ1) is 25.1. The zero-order chi connectivity index (χ0) is 24.2. The first-order valence-corrected chi connectivity index (χ1v) is 11.7. The number of rotatable bonds is 6. The number of nitrogens with zero attached hydrogens (tertiary/aromatic N) is 1. The molecule has 2 aromatic carbocycles. The fourth-order valence-corrected chi connectivity index (χ4v) is 4.40. The molecule has 1 aliphatic rings. The van der Waals surface area contributed by atoms with Gasteiger partial charge in [0.1, 0.15) is 5.60 Å².